The number of carbonyl (C=O) groups excluding carboxylic acids is 3. The third kappa shape index (κ3) is 8.09. The number of rotatable bonds is 11. The molecule has 1 saturated carbocycles. The first-order valence-electron chi connectivity index (χ1n) is 14.8. The molecule has 2 fully saturated rings. The molecule has 3 aromatic rings. The molecule has 0 bridgehead atoms. The molecule has 3 amide bonds. The normalized spacial score (nSPS) is 19.2. The van der Waals surface area contributed by atoms with E-state index in [4.69, 9.17) is 0 Å². The summed E-state index contributed by atoms with van der Waals surface area (Å²) in [5.74, 6) is -0.983. The highest BCUT2D eigenvalue weighted by Crippen LogP contribution is 2.40. The Bertz CT molecular complexity index is 1570. The largest absolute Gasteiger partial charge is 0.353 e. The second-order valence-electron chi connectivity index (χ2n) is 11.4. The Morgan fingerprint density at radius 3 is 2.16 bits per heavy atom. The topological polar surface area (TPSA) is 116 Å². The lowest BCUT2D eigenvalue weighted by Crippen LogP contribution is -2.55. The van der Waals surface area contributed by atoms with Crippen molar-refractivity contribution in [3.05, 3.63) is 95.8 Å². The Balaban J connectivity index is 1.19. The minimum atomic E-state index is -3.36. The summed E-state index contributed by atoms with van der Waals surface area (Å²) in [6, 6.07) is 22.3. The molecule has 1 saturated heterocycles. The zero-order valence-corrected chi connectivity index (χ0v) is 25.4. The molecule has 3 atom stereocenters. The first-order chi connectivity index (χ1) is 21.1. The number of carbonyl (C=O) groups is 3. The Morgan fingerprint density at radius 2 is 1.52 bits per heavy atom. The van der Waals surface area contributed by atoms with Crippen LogP contribution in [0.4, 0.5) is 4.39 Å². The van der Waals surface area contributed by atoms with Gasteiger partial charge in [0.25, 0.3) is 5.91 Å². The fourth-order valence-electron chi connectivity index (χ4n) is 5.58. The van der Waals surface area contributed by atoms with Crippen molar-refractivity contribution in [3.8, 4) is 11.1 Å². The molecule has 0 radical (unpaired) electrons. The van der Waals surface area contributed by atoms with Crippen LogP contribution in [0.15, 0.2) is 78.9 Å². The fraction of sp³-hybridized carbons (Fsp3) is 0.364. The summed E-state index contributed by atoms with van der Waals surface area (Å²) >= 11 is 0. The summed E-state index contributed by atoms with van der Waals surface area (Å²) in [5, 5.41) is 5.88. The van der Waals surface area contributed by atoms with Crippen LogP contribution in [0.2, 0.25) is 0 Å². The van der Waals surface area contributed by atoms with Crippen molar-refractivity contribution in [1.82, 2.24) is 19.8 Å². The van der Waals surface area contributed by atoms with E-state index in [0.29, 0.717) is 12.0 Å². The van der Waals surface area contributed by atoms with Crippen molar-refractivity contribution >= 4 is 27.7 Å². The average Bonchev–Trinajstić information content (AvgIpc) is 3.79. The number of piperazine rings is 1. The quantitative estimate of drug-likeness (QED) is 0.340. The molecule has 1 heterocycles. The lowest BCUT2D eigenvalue weighted by atomic mass is 10.0. The first kappa shape index (κ1) is 31.3. The fourth-order valence-corrected chi connectivity index (χ4v) is 6.41. The molecule has 11 heteroatoms. The maximum absolute atomic E-state index is 13.6. The average molecular weight is 621 g/mol. The number of hydrogen-bond donors (Lipinski definition) is 2. The highest BCUT2D eigenvalue weighted by Gasteiger charge is 2.39. The third-order valence-electron chi connectivity index (χ3n) is 8.21. The summed E-state index contributed by atoms with van der Waals surface area (Å²) < 4.78 is 38.4. The molecule has 3 aromatic carbocycles. The van der Waals surface area contributed by atoms with Crippen LogP contribution < -0.4 is 10.6 Å². The molecule has 5 rings (SSSR count). The van der Waals surface area contributed by atoms with Crippen molar-refractivity contribution in [1.29, 1.82) is 0 Å². The van der Waals surface area contributed by atoms with Gasteiger partial charge in [0.15, 0.2) is 0 Å². The van der Waals surface area contributed by atoms with Crippen LogP contribution in [-0.2, 0) is 19.6 Å². The number of amides is 3. The van der Waals surface area contributed by atoms with Crippen LogP contribution >= 0.6 is 0 Å². The lowest BCUT2D eigenvalue weighted by molar-refractivity contribution is -0.134. The van der Waals surface area contributed by atoms with E-state index < -0.39 is 22.0 Å². The van der Waals surface area contributed by atoms with E-state index in [1.807, 2.05) is 42.5 Å². The molecular weight excluding hydrogens is 583 g/mol. The van der Waals surface area contributed by atoms with Gasteiger partial charge in [-0.25, -0.2) is 12.8 Å². The van der Waals surface area contributed by atoms with Crippen molar-refractivity contribution in [2.45, 2.75) is 43.7 Å². The molecule has 1 aliphatic carbocycles. The van der Waals surface area contributed by atoms with Crippen molar-refractivity contribution in [3.63, 3.8) is 0 Å². The smallest absolute Gasteiger partial charge is 0.251 e. The molecule has 0 aromatic heterocycles. The van der Waals surface area contributed by atoms with Crippen LogP contribution in [0.5, 0.6) is 0 Å². The lowest BCUT2D eigenvalue weighted by Gasteiger charge is -2.35. The summed E-state index contributed by atoms with van der Waals surface area (Å²) in [7, 11) is -3.36. The molecular formula is C33H37FN4O5S. The summed E-state index contributed by atoms with van der Waals surface area (Å²) in [4.78, 5) is 41.1. The number of halogens is 1. The zero-order valence-electron chi connectivity index (χ0n) is 24.6. The maximum Gasteiger partial charge on any atom is 0.251 e. The number of nitrogens with zero attached hydrogens (tertiary/aromatic N) is 2. The molecule has 9 nitrogen and oxygen atoms in total. The van der Waals surface area contributed by atoms with Gasteiger partial charge in [0.2, 0.25) is 21.8 Å². The van der Waals surface area contributed by atoms with Gasteiger partial charge in [-0.2, -0.15) is 4.31 Å². The van der Waals surface area contributed by atoms with E-state index in [2.05, 4.69) is 10.6 Å². The van der Waals surface area contributed by atoms with Gasteiger partial charge in [-0.3, -0.25) is 14.4 Å². The van der Waals surface area contributed by atoms with Gasteiger partial charge in [-0.05, 0) is 60.2 Å². The highest BCUT2D eigenvalue weighted by atomic mass is 32.2. The number of nitrogens with one attached hydrogen (secondary N) is 2. The number of benzene rings is 3. The second kappa shape index (κ2) is 13.7. The van der Waals surface area contributed by atoms with Gasteiger partial charge in [0, 0.05) is 50.1 Å². The second-order valence-corrected chi connectivity index (χ2v) is 13.4. The van der Waals surface area contributed by atoms with Crippen LogP contribution in [0.25, 0.3) is 11.1 Å². The zero-order chi connectivity index (χ0) is 31.3. The van der Waals surface area contributed by atoms with Gasteiger partial charge in [-0.1, -0.05) is 54.6 Å². The number of hydrogen-bond acceptors (Lipinski definition) is 5. The summed E-state index contributed by atoms with van der Waals surface area (Å²) in [5.41, 5.74) is 3.37. The monoisotopic (exact) mass is 620 g/mol. The summed E-state index contributed by atoms with van der Waals surface area (Å²) in [6.07, 6.45) is 2.73. The van der Waals surface area contributed by atoms with Gasteiger partial charge >= 0.3 is 0 Å². The minimum Gasteiger partial charge on any atom is -0.353 e. The van der Waals surface area contributed by atoms with Gasteiger partial charge in [0.05, 0.1) is 6.26 Å². The predicted octanol–water partition coefficient (Wildman–Crippen LogP) is 3.54. The van der Waals surface area contributed by atoms with E-state index in [0.717, 1.165) is 29.4 Å². The van der Waals surface area contributed by atoms with Crippen molar-refractivity contribution in [2.75, 3.05) is 32.4 Å². The summed E-state index contributed by atoms with van der Waals surface area (Å²) in [6.45, 7) is 0.810. The third-order valence-corrected chi connectivity index (χ3v) is 9.51. The van der Waals surface area contributed by atoms with Gasteiger partial charge in [0.1, 0.15) is 11.9 Å². The Labute approximate surface area is 257 Å². The molecule has 44 heavy (non-hydrogen) atoms. The standard InChI is InChI=1S/C33H37FN4O5S/c1-44(42,43)38-20-18-37(19-21-38)33(41)29(36-32(40)26-12-10-24(11-13-26)23-6-3-2-4-7-23)8-5-9-31(39)35-30-22-28(30)25-14-16-27(34)17-15-25/h2-4,6-7,10-17,28-30H,5,8-9,18-22H2,1H3,(H,35,39)(H,36,40)/t28-,29-,30+/m0/s1. The van der Waals surface area contributed by atoms with E-state index in [1.54, 1.807) is 29.2 Å². The van der Waals surface area contributed by atoms with E-state index in [9.17, 15) is 27.2 Å². The number of sulfonamides is 1. The Kier molecular flexibility index (Phi) is 9.75. The SMILES string of the molecule is CS(=O)(=O)N1CCN(C(=O)[C@H](CCCC(=O)N[C@@H]2C[C@H]2c2ccc(F)cc2)NC(=O)c2ccc(-c3ccccc3)cc2)CC1. The van der Waals surface area contributed by atoms with E-state index in [-0.39, 0.29) is 68.6 Å². The highest BCUT2D eigenvalue weighted by molar-refractivity contribution is 7.88. The Hall–Kier alpha value is -4.09. The molecule has 1 aliphatic heterocycles. The first-order valence-corrected chi connectivity index (χ1v) is 16.7. The molecule has 0 unspecified atom stereocenters. The van der Waals surface area contributed by atoms with Crippen LogP contribution in [0.1, 0.15) is 47.5 Å². The predicted molar refractivity (Wildman–Crippen MR) is 166 cm³/mol. The molecule has 0 spiro atoms. The van der Waals surface area contributed by atoms with Crippen molar-refractivity contribution < 1.29 is 27.2 Å². The molecule has 232 valence electrons. The Morgan fingerprint density at radius 1 is 0.886 bits per heavy atom. The van der Waals surface area contributed by atoms with Crippen LogP contribution in [0.3, 0.4) is 0 Å². The van der Waals surface area contributed by atoms with E-state index >= 15 is 0 Å². The molecule has 2 N–H and O–H groups in total. The van der Waals surface area contributed by atoms with Gasteiger partial charge < -0.3 is 15.5 Å². The van der Waals surface area contributed by atoms with Crippen LogP contribution in [-0.4, -0.2) is 79.9 Å². The molecule has 2 aliphatic rings. The van der Waals surface area contributed by atoms with E-state index in [1.165, 1.54) is 16.4 Å². The maximum atomic E-state index is 13.6. The van der Waals surface area contributed by atoms with Crippen LogP contribution in [0, 0.1) is 5.82 Å². The van der Waals surface area contributed by atoms with Crippen molar-refractivity contribution in [2.24, 2.45) is 0 Å². The van der Waals surface area contributed by atoms with Gasteiger partial charge in [-0.15, -0.1) is 0 Å². The minimum absolute atomic E-state index is 0.00455.